The molecule has 0 bridgehead atoms. The standard InChI is InChI=1S/C22H26N4O2/c1-3-10-26-15(2)19(12-24-26)22(27)25-21-14-28-13-17(21)11-16-8-9-23-20-7-5-4-6-18(16)20/h4-9,12,17,21H,3,10-11,13-14H2,1-2H3,(H,25,27)/t17-,21+/m1/s1. The number of fused-ring (bicyclic) bond motifs is 1. The molecular weight excluding hydrogens is 352 g/mol. The minimum atomic E-state index is -0.0695. The Bertz CT molecular complexity index is 976. The van der Waals surface area contributed by atoms with Gasteiger partial charge in [0, 0.05) is 29.7 Å². The van der Waals surface area contributed by atoms with Crippen molar-refractivity contribution in [3.63, 3.8) is 0 Å². The number of aromatic nitrogens is 3. The van der Waals surface area contributed by atoms with Crippen LogP contribution in [-0.4, -0.2) is 39.9 Å². The Labute approximate surface area is 164 Å². The third-order valence-corrected chi connectivity index (χ3v) is 5.52. The highest BCUT2D eigenvalue weighted by Crippen LogP contribution is 2.24. The number of carbonyl (C=O) groups is 1. The summed E-state index contributed by atoms with van der Waals surface area (Å²) < 4.78 is 7.60. The van der Waals surface area contributed by atoms with E-state index >= 15 is 0 Å². The van der Waals surface area contributed by atoms with Gasteiger partial charge >= 0.3 is 0 Å². The van der Waals surface area contributed by atoms with E-state index in [0.717, 1.165) is 30.6 Å². The van der Waals surface area contributed by atoms with E-state index < -0.39 is 0 Å². The molecule has 2 aromatic heterocycles. The van der Waals surface area contributed by atoms with Crippen LogP contribution in [0.1, 0.15) is 35.0 Å². The van der Waals surface area contributed by atoms with Crippen molar-refractivity contribution in [2.24, 2.45) is 5.92 Å². The second kappa shape index (κ2) is 8.10. The third-order valence-electron chi connectivity index (χ3n) is 5.52. The van der Waals surface area contributed by atoms with Crippen molar-refractivity contribution < 1.29 is 9.53 Å². The monoisotopic (exact) mass is 378 g/mol. The lowest BCUT2D eigenvalue weighted by atomic mass is 9.93. The Kier molecular flexibility index (Phi) is 5.39. The van der Waals surface area contributed by atoms with Crippen molar-refractivity contribution >= 4 is 16.8 Å². The number of hydrogen-bond acceptors (Lipinski definition) is 4. The van der Waals surface area contributed by atoms with Crippen LogP contribution in [0.25, 0.3) is 10.9 Å². The van der Waals surface area contributed by atoms with E-state index in [4.69, 9.17) is 4.74 Å². The Balaban J connectivity index is 1.48. The van der Waals surface area contributed by atoms with Crippen molar-refractivity contribution in [3.8, 4) is 0 Å². The molecule has 146 valence electrons. The number of rotatable bonds is 6. The quantitative estimate of drug-likeness (QED) is 0.715. The van der Waals surface area contributed by atoms with E-state index in [1.54, 1.807) is 6.20 Å². The predicted molar refractivity (Wildman–Crippen MR) is 108 cm³/mol. The summed E-state index contributed by atoms with van der Waals surface area (Å²) in [6.45, 7) is 6.06. The molecule has 3 heterocycles. The third kappa shape index (κ3) is 3.64. The van der Waals surface area contributed by atoms with Gasteiger partial charge in [0.1, 0.15) is 0 Å². The van der Waals surface area contributed by atoms with E-state index in [1.165, 1.54) is 10.9 Å². The average molecular weight is 378 g/mol. The zero-order valence-electron chi connectivity index (χ0n) is 16.4. The zero-order chi connectivity index (χ0) is 19.5. The van der Waals surface area contributed by atoms with Crippen molar-refractivity contribution in [1.29, 1.82) is 0 Å². The lowest BCUT2D eigenvalue weighted by Gasteiger charge is -2.20. The number of nitrogens with zero attached hydrogens (tertiary/aromatic N) is 3. The molecule has 1 aliphatic heterocycles. The van der Waals surface area contributed by atoms with Gasteiger partial charge in [0.05, 0.1) is 36.5 Å². The number of amides is 1. The summed E-state index contributed by atoms with van der Waals surface area (Å²) in [5, 5.41) is 8.68. The van der Waals surface area contributed by atoms with Crippen LogP contribution in [0.3, 0.4) is 0 Å². The van der Waals surface area contributed by atoms with E-state index in [2.05, 4.69) is 34.5 Å². The molecule has 6 nitrogen and oxygen atoms in total. The average Bonchev–Trinajstić information content (AvgIpc) is 3.29. The lowest BCUT2D eigenvalue weighted by Crippen LogP contribution is -2.40. The van der Waals surface area contributed by atoms with Gasteiger partial charge < -0.3 is 10.1 Å². The fourth-order valence-corrected chi connectivity index (χ4v) is 3.93. The SMILES string of the molecule is CCCn1ncc(C(=O)N[C@H]2COC[C@H]2Cc2ccnc3ccccc23)c1C. The molecule has 1 saturated heterocycles. The van der Waals surface area contributed by atoms with Crippen LogP contribution < -0.4 is 5.32 Å². The van der Waals surface area contributed by atoms with Crippen molar-refractivity contribution in [2.45, 2.75) is 39.3 Å². The highest BCUT2D eigenvalue weighted by atomic mass is 16.5. The number of nitrogens with one attached hydrogen (secondary N) is 1. The highest BCUT2D eigenvalue weighted by Gasteiger charge is 2.31. The van der Waals surface area contributed by atoms with Crippen molar-refractivity contribution in [1.82, 2.24) is 20.1 Å². The van der Waals surface area contributed by atoms with Gasteiger partial charge in [-0.05, 0) is 37.5 Å². The molecule has 2 atom stereocenters. The maximum absolute atomic E-state index is 12.8. The van der Waals surface area contributed by atoms with E-state index in [0.29, 0.717) is 18.8 Å². The van der Waals surface area contributed by atoms with E-state index in [9.17, 15) is 4.79 Å². The molecule has 3 aromatic rings. The van der Waals surface area contributed by atoms with Crippen molar-refractivity contribution in [2.75, 3.05) is 13.2 Å². The Morgan fingerprint density at radius 2 is 2.14 bits per heavy atom. The number of pyridine rings is 1. The molecule has 4 rings (SSSR count). The van der Waals surface area contributed by atoms with Crippen LogP contribution in [0, 0.1) is 12.8 Å². The van der Waals surface area contributed by atoms with Gasteiger partial charge in [-0.1, -0.05) is 25.1 Å². The van der Waals surface area contributed by atoms with Gasteiger partial charge in [0.2, 0.25) is 0 Å². The summed E-state index contributed by atoms with van der Waals surface area (Å²) >= 11 is 0. The molecule has 0 aliphatic carbocycles. The first-order chi connectivity index (χ1) is 13.7. The lowest BCUT2D eigenvalue weighted by molar-refractivity contribution is 0.0924. The first-order valence-electron chi connectivity index (χ1n) is 9.91. The molecule has 1 aromatic carbocycles. The summed E-state index contributed by atoms with van der Waals surface area (Å²) in [4.78, 5) is 17.3. The molecule has 6 heteroatoms. The molecule has 1 amide bonds. The summed E-state index contributed by atoms with van der Waals surface area (Å²) in [7, 11) is 0. The normalized spacial score (nSPS) is 19.2. The first kappa shape index (κ1) is 18.6. The number of hydrogen-bond donors (Lipinski definition) is 1. The Morgan fingerprint density at radius 1 is 1.29 bits per heavy atom. The smallest absolute Gasteiger partial charge is 0.255 e. The van der Waals surface area contributed by atoms with Crippen LogP contribution in [-0.2, 0) is 17.7 Å². The molecule has 0 unspecified atom stereocenters. The maximum Gasteiger partial charge on any atom is 0.255 e. The molecule has 0 spiro atoms. The summed E-state index contributed by atoms with van der Waals surface area (Å²) in [5.74, 6) is 0.167. The largest absolute Gasteiger partial charge is 0.379 e. The van der Waals surface area contributed by atoms with E-state index in [1.807, 2.05) is 36.0 Å². The fourth-order valence-electron chi connectivity index (χ4n) is 3.93. The van der Waals surface area contributed by atoms with Crippen LogP contribution >= 0.6 is 0 Å². The summed E-state index contributed by atoms with van der Waals surface area (Å²) in [6, 6.07) is 10.2. The molecule has 1 fully saturated rings. The number of carbonyl (C=O) groups excluding carboxylic acids is 1. The number of aryl methyl sites for hydroxylation is 1. The van der Waals surface area contributed by atoms with Gasteiger partial charge in [-0.2, -0.15) is 5.10 Å². The van der Waals surface area contributed by atoms with Crippen LogP contribution in [0.15, 0.2) is 42.7 Å². The van der Waals surface area contributed by atoms with Gasteiger partial charge in [0.25, 0.3) is 5.91 Å². The highest BCUT2D eigenvalue weighted by molar-refractivity contribution is 5.95. The Morgan fingerprint density at radius 3 is 3.00 bits per heavy atom. The number of benzene rings is 1. The van der Waals surface area contributed by atoms with Crippen LogP contribution in [0.2, 0.25) is 0 Å². The maximum atomic E-state index is 12.8. The molecular formula is C22H26N4O2. The second-order valence-corrected chi connectivity index (χ2v) is 7.44. The molecule has 28 heavy (non-hydrogen) atoms. The van der Waals surface area contributed by atoms with Crippen molar-refractivity contribution in [3.05, 3.63) is 59.5 Å². The van der Waals surface area contributed by atoms with Gasteiger partial charge in [-0.25, -0.2) is 0 Å². The predicted octanol–water partition coefficient (Wildman–Crippen LogP) is 3.14. The molecule has 1 N–H and O–H groups in total. The summed E-state index contributed by atoms with van der Waals surface area (Å²) in [6.07, 6.45) is 5.36. The number of ether oxygens (including phenoxy) is 1. The zero-order valence-corrected chi connectivity index (χ0v) is 16.4. The van der Waals surface area contributed by atoms with Crippen LogP contribution in [0.4, 0.5) is 0 Å². The second-order valence-electron chi connectivity index (χ2n) is 7.44. The fraction of sp³-hybridized carbons (Fsp3) is 0.409. The topological polar surface area (TPSA) is 69.0 Å². The minimum Gasteiger partial charge on any atom is -0.379 e. The molecule has 0 saturated carbocycles. The van der Waals surface area contributed by atoms with Gasteiger partial charge in [0.15, 0.2) is 0 Å². The first-order valence-corrected chi connectivity index (χ1v) is 9.91. The number of para-hydroxylation sites is 1. The Hall–Kier alpha value is -2.73. The van der Waals surface area contributed by atoms with E-state index in [-0.39, 0.29) is 17.9 Å². The molecule has 0 radical (unpaired) electrons. The van der Waals surface area contributed by atoms with Crippen LogP contribution in [0.5, 0.6) is 0 Å². The molecule has 1 aliphatic rings. The van der Waals surface area contributed by atoms with Gasteiger partial charge in [-0.15, -0.1) is 0 Å². The minimum absolute atomic E-state index is 0.00615. The van der Waals surface area contributed by atoms with Gasteiger partial charge in [-0.3, -0.25) is 14.5 Å². The summed E-state index contributed by atoms with van der Waals surface area (Å²) in [5.41, 5.74) is 3.80.